The van der Waals surface area contributed by atoms with Crippen LogP contribution in [0.4, 0.5) is 0 Å². The minimum absolute atomic E-state index is 0.556. The first kappa shape index (κ1) is 31.5. The van der Waals surface area contributed by atoms with Gasteiger partial charge in [0.2, 0.25) is 5.95 Å². The molecule has 266 valence electrons. The summed E-state index contributed by atoms with van der Waals surface area (Å²) in [5.74, 6) is 1.79. The summed E-state index contributed by atoms with van der Waals surface area (Å²) in [6.45, 7) is 0. The van der Waals surface area contributed by atoms with Crippen molar-refractivity contribution in [3.8, 4) is 40.1 Å². The van der Waals surface area contributed by atoms with Crippen molar-refractivity contribution in [3.05, 3.63) is 194 Å². The number of aromatic nitrogens is 6. The maximum Gasteiger partial charge on any atom is 0.238 e. The third-order valence-corrected chi connectivity index (χ3v) is 11.3. The molecule has 0 fully saturated rings. The molecule has 0 aliphatic rings. The van der Waals surface area contributed by atoms with E-state index in [1.807, 2.05) is 36.4 Å². The van der Waals surface area contributed by atoms with Crippen molar-refractivity contribution in [3.63, 3.8) is 0 Å². The molecule has 0 saturated heterocycles. The molecule has 0 aliphatic heterocycles. The van der Waals surface area contributed by atoms with Crippen molar-refractivity contribution in [2.24, 2.45) is 0 Å². The number of fused-ring (bicyclic) bond motifs is 9. The molecular formula is C51H32N6. The Kier molecular flexibility index (Phi) is 6.83. The SMILES string of the molecule is c1ccc(-c2nc(-c3ccccc3)nc(-n3c4ccccc4c4cc(-n5c6ccccc6c6ccccc65)cc(-n5c6ccccc6c6ccccc65)c43)n2)cc1. The molecule has 4 aromatic heterocycles. The molecule has 12 aromatic rings. The van der Waals surface area contributed by atoms with Gasteiger partial charge in [0, 0.05) is 49.1 Å². The van der Waals surface area contributed by atoms with Crippen LogP contribution in [0.3, 0.4) is 0 Å². The van der Waals surface area contributed by atoms with Gasteiger partial charge in [-0.05, 0) is 42.5 Å². The maximum absolute atomic E-state index is 5.30. The second kappa shape index (κ2) is 12.3. The van der Waals surface area contributed by atoms with Crippen LogP contribution in [-0.2, 0) is 0 Å². The second-order valence-corrected chi connectivity index (χ2v) is 14.5. The molecule has 0 spiro atoms. The van der Waals surface area contributed by atoms with Gasteiger partial charge < -0.3 is 9.13 Å². The molecule has 0 saturated carbocycles. The summed E-state index contributed by atoms with van der Waals surface area (Å²) >= 11 is 0. The Labute approximate surface area is 327 Å². The highest BCUT2D eigenvalue weighted by Gasteiger charge is 2.25. The summed E-state index contributed by atoms with van der Waals surface area (Å²) in [5.41, 5.74) is 10.6. The van der Waals surface area contributed by atoms with Crippen molar-refractivity contribution in [1.29, 1.82) is 0 Å². The van der Waals surface area contributed by atoms with Gasteiger partial charge in [0.05, 0.1) is 38.8 Å². The van der Waals surface area contributed by atoms with Crippen molar-refractivity contribution in [1.82, 2.24) is 28.7 Å². The Balaban J connectivity index is 1.28. The number of rotatable bonds is 5. The Bertz CT molecular complexity index is 3360. The fraction of sp³-hybridized carbons (Fsp3) is 0. The Morgan fingerprint density at radius 3 is 1.12 bits per heavy atom. The minimum atomic E-state index is 0.556. The van der Waals surface area contributed by atoms with E-state index in [4.69, 9.17) is 15.0 Å². The number of hydrogen-bond acceptors (Lipinski definition) is 3. The molecule has 0 radical (unpaired) electrons. The van der Waals surface area contributed by atoms with E-state index in [0.717, 1.165) is 66.4 Å². The van der Waals surface area contributed by atoms with Crippen LogP contribution in [0.1, 0.15) is 0 Å². The summed E-state index contributed by atoms with van der Waals surface area (Å²) < 4.78 is 7.09. The summed E-state index contributed by atoms with van der Waals surface area (Å²) in [6.07, 6.45) is 0. The largest absolute Gasteiger partial charge is 0.309 e. The van der Waals surface area contributed by atoms with Crippen molar-refractivity contribution < 1.29 is 0 Å². The molecule has 4 heterocycles. The molecule has 0 atom stereocenters. The molecule has 57 heavy (non-hydrogen) atoms. The third kappa shape index (κ3) is 4.74. The van der Waals surface area contributed by atoms with Crippen molar-refractivity contribution in [2.45, 2.75) is 0 Å². The molecule has 0 bridgehead atoms. The van der Waals surface area contributed by atoms with Crippen LogP contribution in [0.15, 0.2) is 194 Å². The van der Waals surface area contributed by atoms with Gasteiger partial charge in [-0.15, -0.1) is 0 Å². The van der Waals surface area contributed by atoms with Gasteiger partial charge >= 0.3 is 0 Å². The number of benzene rings is 8. The lowest BCUT2D eigenvalue weighted by Gasteiger charge is -2.17. The lowest BCUT2D eigenvalue weighted by molar-refractivity contribution is 0.949. The third-order valence-electron chi connectivity index (χ3n) is 11.3. The van der Waals surface area contributed by atoms with Crippen LogP contribution in [-0.4, -0.2) is 28.7 Å². The smallest absolute Gasteiger partial charge is 0.238 e. The standard InChI is InChI=1S/C51H32N6/c1-3-17-33(18-4-1)49-52-50(34-19-5-2-6-20-34)54-51(53-49)57-46-30-16-11-25-40(46)41-31-35(55-42-26-12-7-21-36(42)37-22-8-13-27-43(37)55)32-47(48(41)57)56-44-28-14-9-23-38(44)39-24-10-15-29-45(39)56/h1-32H. The van der Waals surface area contributed by atoms with E-state index in [1.165, 1.54) is 21.5 Å². The lowest BCUT2D eigenvalue weighted by atomic mass is 10.1. The first-order valence-corrected chi connectivity index (χ1v) is 19.2. The van der Waals surface area contributed by atoms with Crippen LogP contribution < -0.4 is 0 Å². The van der Waals surface area contributed by atoms with Gasteiger partial charge in [-0.1, -0.05) is 152 Å². The zero-order valence-electron chi connectivity index (χ0n) is 30.7. The summed E-state index contributed by atoms with van der Waals surface area (Å²) in [7, 11) is 0. The van der Waals surface area contributed by atoms with Gasteiger partial charge in [0.1, 0.15) is 0 Å². The van der Waals surface area contributed by atoms with E-state index in [1.54, 1.807) is 0 Å². The first-order chi connectivity index (χ1) is 28.3. The normalized spacial score (nSPS) is 11.9. The second-order valence-electron chi connectivity index (χ2n) is 14.5. The molecular weight excluding hydrogens is 697 g/mol. The highest BCUT2D eigenvalue weighted by atomic mass is 15.2. The fourth-order valence-corrected chi connectivity index (χ4v) is 8.85. The van der Waals surface area contributed by atoms with Crippen LogP contribution in [0.2, 0.25) is 0 Å². The maximum atomic E-state index is 5.30. The highest BCUT2D eigenvalue weighted by Crippen LogP contribution is 2.42. The lowest BCUT2D eigenvalue weighted by Crippen LogP contribution is -2.08. The average Bonchev–Trinajstić information content (AvgIpc) is 3.93. The monoisotopic (exact) mass is 728 g/mol. The molecule has 6 heteroatoms. The summed E-state index contributed by atoms with van der Waals surface area (Å²) in [4.78, 5) is 15.7. The Morgan fingerprint density at radius 2 is 0.667 bits per heavy atom. The van der Waals surface area contributed by atoms with Crippen LogP contribution >= 0.6 is 0 Å². The van der Waals surface area contributed by atoms with Gasteiger partial charge in [-0.25, -0.2) is 4.98 Å². The topological polar surface area (TPSA) is 53.5 Å². The molecule has 6 nitrogen and oxygen atoms in total. The summed E-state index contributed by atoms with van der Waals surface area (Å²) in [6, 6.07) is 68.5. The van der Waals surface area contributed by atoms with E-state index >= 15 is 0 Å². The number of nitrogens with zero attached hydrogens (tertiary/aromatic N) is 6. The molecule has 0 aliphatic carbocycles. The molecule has 8 aromatic carbocycles. The zero-order chi connectivity index (χ0) is 37.5. The predicted octanol–water partition coefficient (Wildman–Crippen LogP) is 12.5. The average molecular weight is 729 g/mol. The van der Waals surface area contributed by atoms with Crippen LogP contribution in [0, 0.1) is 0 Å². The first-order valence-electron chi connectivity index (χ1n) is 19.2. The predicted molar refractivity (Wildman–Crippen MR) is 234 cm³/mol. The Hall–Kier alpha value is -7.83. The van der Waals surface area contributed by atoms with E-state index < -0.39 is 0 Å². The van der Waals surface area contributed by atoms with Crippen molar-refractivity contribution >= 4 is 65.4 Å². The van der Waals surface area contributed by atoms with Crippen LogP contribution in [0.25, 0.3) is 106 Å². The highest BCUT2D eigenvalue weighted by molar-refractivity contribution is 6.16. The van der Waals surface area contributed by atoms with Crippen molar-refractivity contribution in [2.75, 3.05) is 0 Å². The van der Waals surface area contributed by atoms with Gasteiger partial charge in [-0.2, -0.15) is 9.97 Å². The molecule has 0 N–H and O–H groups in total. The fourth-order valence-electron chi connectivity index (χ4n) is 8.85. The quantitative estimate of drug-likeness (QED) is 0.177. The summed E-state index contributed by atoms with van der Waals surface area (Å²) in [5, 5.41) is 7.06. The minimum Gasteiger partial charge on any atom is -0.309 e. The molecule has 0 amide bonds. The van der Waals surface area contributed by atoms with Gasteiger partial charge in [0.15, 0.2) is 11.6 Å². The van der Waals surface area contributed by atoms with E-state index in [-0.39, 0.29) is 0 Å². The molecule has 12 rings (SSSR count). The number of para-hydroxylation sites is 5. The molecule has 0 unspecified atom stereocenters. The van der Waals surface area contributed by atoms with E-state index in [9.17, 15) is 0 Å². The van der Waals surface area contributed by atoms with Gasteiger partial charge in [0.25, 0.3) is 0 Å². The number of hydrogen-bond donors (Lipinski definition) is 0. The van der Waals surface area contributed by atoms with Crippen LogP contribution in [0.5, 0.6) is 0 Å². The zero-order valence-corrected chi connectivity index (χ0v) is 30.7. The van der Waals surface area contributed by atoms with Gasteiger partial charge in [-0.3, -0.25) is 4.57 Å². The van der Waals surface area contributed by atoms with E-state index in [2.05, 4.69) is 171 Å². The van der Waals surface area contributed by atoms with E-state index in [0.29, 0.717) is 17.6 Å². The Morgan fingerprint density at radius 1 is 0.298 bits per heavy atom.